The third-order valence-corrected chi connectivity index (χ3v) is 4.42. The lowest BCUT2D eigenvalue weighted by molar-refractivity contribution is 0.244. The molecule has 0 radical (unpaired) electrons. The maximum absolute atomic E-state index is 9.15. The summed E-state index contributed by atoms with van der Waals surface area (Å²) in [7, 11) is 0. The molecule has 2 nitrogen and oxygen atoms in total. The van der Waals surface area contributed by atoms with Crippen LogP contribution in [0, 0.1) is 0 Å². The van der Waals surface area contributed by atoms with Crippen LogP contribution in [0.25, 0.3) is 0 Å². The van der Waals surface area contributed by atoms with Crippen LogP contribution in [0.1, 0.15) is 77.3 Å². The molecule has 0 aromatic carbocycles. The van der Waals surface area contributed by atoms with Crippen LogP contribution in [0.5, 0.6) is 0 Å². The summed E-state index contributed by atoms with van der Waals surface area (Å²) in [6, 6.07) is 4.31. The van der Waals surface area contributed by atoms with Gasteiger partial charge in [-0.05, 0) is 37.8 Å². The summed E-state index contributed by atoms with van der Waals surface area (Å²) < 4.78 is 0. The Balaban J connectivity index is 2.57. The van der Waals surface area contributed by atoms with Crippen LogP contribution in [-0.4, -0.2) is 16.7 Å². The number of rotatable bonds is 11. The van der Waals surface area contributed by atoms with Crippen LogP contribution >= 0.6 is 0 Å². The molecular formula is C17H31NO. The normalized spacial score (nSPS) is 14.5. The SMILES string of the molecule is CCCCCCCC(CC)(CCCO)c1ccc[nH]1. The Morgan fingerprint density at radius 2 is 1.79 bits per heavy atom. The number of hydrogen-bond acceptors (Lipinski definition) is 1. The van der Waals surface area contributed by atoms with Crippen LogP contribution in [0.15, 0.2) is 18.3 Å². The molecule has 0 fully saturated rings. The van der Waals surface area contributed by atoms with Crippen molar-refractivity contribution in [3.8, 4) is 0 Å². The highest BCUT2D eigenvalue weighted by molar-refractivity contribution is 5.17. The molecule has 2 N–H and O–H groups in total. The fourth-order valence-corrected chi connectivity index (χ4v) is 3.08. The van der Waals surface area contributed by atoms with Crippen molar-refractivity contribution in [2.45, 2.75) is 77.0 Å². The van der Waals surface area contributed by atoms with Gasteiger partial charge in [0.15, 0.2) is 0 Å². The van der Waals surface area contributed by atoms with Gasteiger partial charge in [-0.3, -0.25) is 0 Å². The van der Waals surface area contributed by atoms with E-state index in [2.05, 4.69) is 31.0 Å². The molecule has 0 aliphatic carbocycles. The smallest absolute Gasteiger partial charge is 0.0431 e. The van der Waals surface area contributed by atoms with E-state index in [1.165, 1.54) is 44.2 Å². The van der Waals surface area contributed by atoms with Crippen molar-refractivity contribution in [1.82, 2.24) is 4.98 Å². The molecule has 2 heteroatoms. The minimum atomic E-state index is 0.248. The number of aromatic nitrogens is 1. The quantitative estimate of drug-likeness (QED) is 0.554. The summed E-state index contributed by atoms with van der Waals surface area (Å²) in [4.78, 5) is 3.41. The van der Waals surface area contributed by atoms with Crippen molar-refractivity contribution in [3.05, 3.63) is 24.0 Å². The van der Waals surface area contributed by atoms with Gasteiger partial charge in [0.1, 0.15) is 0 Å². The number of aliphatic hydroxyl groups is 1. The zero-order valence-corrected chi connectivity index (χ0v) is 12.8. The van der Waals surface area contributed by atoms with Crippen molar-refractivity contribution >= 4 is 0 Å². The van der Waals surface area contributed by atoms with Gasteiger partial charge in [-0.15, -0.1) is 0 Å². The second-order valence-corrected chi connectivity index (χ2v) is 5.71. The second kappa shape index (κ2) is 9.19. The molecule has 110 valence electrons. The van der Waals surface area contributed by atoms with E-state index in [1.54, 1.807) is 0 Å². The Kier molecular flexibility index (Phi) is 7.88. The third kappa shape index (κ3) is 5.02. The van der Waals surface area contributed by atoms with Crippen LogP contribution in [0.3, 0.4) is 0 Å². The van der Waals surface area contributed by atoms with Crippen molar-refractivity contribution in [2.24, 2.45) is 0 Å². The molecular weight excluding hydrogens is 234 g/mol. The summed E-state index contributed by atoms with van der Waals surface area (Å²) in [5, 5.41) is 9.15. The summed E-state index contributed by atoms with van der Waals surface area (Å²) >= 11 is 0. The number of aromatic amines is 1. The Hall–Kier alpha value is -0.760. The van der Waals surface area contributed by atoms with Crippen molar-refractivity contribution in [2.75, 3.05) is 6.61 Å². The molecule has 0 saturated heterocycles. The van der Waals surface area contributed by atoms with Gasteiger partial charge in [0.25, 0.3) is 0 Å². The molecule has 19 heavy (non-hydrogen) atoms. The van der Waals surface area contributed by atoms with Crippen LogP contribution in [-0.2, 0) is 5.41 Å². The fourth-order valence-electron chi connectivity index (χ4n) is 3.08. The topological polar surface area (TPSA) is 36.0 Å². The first-order valence-electron chi connectivity index (χ1n) is 8.04. The molecule has 1 aromatic rings. The van der Waals surface area contributed by atoms with Gasteiger partial charge in [0.05, 0.1) is 0 Å². The number of hydrogen-bond donors (Lipinski definition) is 2. The third-order valence-electron chi connectivity index (χ3n) is 4.42. The molecule has 1 unspecified atom stereocenters. The van der Waals surface area contributed by atoms with E-state index >= 15 is 0 Å². The van der Waals surface area contributed by atoms with E-state index in [0.717, 1.165) is 19.3 Å². The van der Waals surface area contributed by atoms with E-state index in [1.807, 2.05) is 6.20 Å². The van der Waals surface area contributed by atoms with E-state index in [9.17, 15) is 0 Å². The maximum atomic E-state index is 9.15. The highest BCUT2D eigenvalue weighted by Crippen LogP contribution is 2.37. The maximum Gasteiger partial charge on any atom is 0.0431 e. The summed E-state index contributed by atoms with van der Waals surface area (Å²) in [6.07, 6.45) is 13.1. The molecule has 0 bridgehead atoms. The van der Waals surface area contributed by atoms with Gasteiger partial charge < -0.3 is 10.1 Å². The van der Waals surface area contributed by atoms with Gasteiger partial charge in [0, 0.05) is 23.9 Å². The number of unbranched alkanes of at least 4 members (excludes halogenated alkanes) is 4. The molecule has 1 aromatic heterocycles. The molecule has 1 heterocycles. The number of nitrogens with one attached hydrogen (secondary N) is 1. The van der Waals surface area contributed by atoms with Crippen LogP contribution < -0.4 is 0 Å². The molecule has 1 rings (SSSR count). The summed E-state index contributed by atoms with van der Waals surface area (Å²) in [5.74, 6) is 0. The number of H-pyrrole nitrogens is 1. The first-order chi connectivity index (χ1) is 9.29. The van der Waals surface area contributed by atoms with Crippen molar-refractivity contribution in [3.63, 3.8) is 0 Å². The van der Waals surface area contributed by atoms with Gasteiger partial charge in [-0.1, -0.05) is 46.0 Å². The largest absolute Gasteiger partial charge is 0.396 e. The van der Waals surface area contributed by atoms with E-state index in [4.69, 9.17) is 5.11 Å². The van der Waals surface area contributed by atoms with Gasteiger partial charge in [-0.2, -0.15) is 0 Å². The van der Waals surface area contributed by atoms with E-state index in [0.29, 0.717) is 6.61 Å². The lowest BCUT2D eigenvalue weighted by atomic mass is 9.73. The predicted molar refractivity (Wildman–Crippen MR) is 82.5 cm³/mol. The van der Waals surface area contributed by atoms with Gasteiger partial charge in [0.2, 0.25) is 0 Å². The molecule has 0 saturated carbocycles. The molecule has 0 amide bonds. The second-order valence-electron chi connectivity index (χ2n) is 5.71. The predicted octanol–water partition coefficient (Wildman–Crippen LogP) is 4.80. The Labute approximate surface area is 118 Å². The number of aliphatic hydroxyl groups excluding tert-OH is 1. The van der Waals surface area contributed by atoms with Gasteiger partial charge >= 0.3 is 0 Å². The first kappa shape index (κ1) is 16.3. The molecule has 0 spiro atoms. The Bertz CT molecular complexity index is 307. The molecule has 0 aliphatic heterocycles. The zero-order chi connectivity index (χ0) is 14.0. The van der Waals surface area contributed by atoms with Crippen molar-refractivity contribution in [1.29, 1.82) is 0 Å². The fraction of sp³-hybridized carbons (Fsp3) is 0.765. The van der Waals surface area contributed by atoms with Gasteiger partial charge in [-0.25, -0.2) is 0 Å². The summed E-state index contributed by atoms with van der Waals surface area (Å²) in [6.45, 7) is 4.85. The molecule has 1 atom stereocenters. The van der Waals surface area contributed by atoms with E-state index in [-0.39, 0.29) is 5.41 Å². The first-order valence-corrected chi connectivity index (χ1v) is 8.04. The molecule has 0 aliphatic rings. The van der Waals surface area contributed by atoms with Crippen molar-refractivity contribution < 1.29 is 5.11 Å². The average molecular weight is 265 g/mol. The highest BCUT2D eigenvalue weighted by Gasteiger charge is 2.30. The lowest BCUT2D eigenvalue weighted by Crippen LogP contribution is -2.26. The zero-order valence-electron chi connectivity index (χ0n) is 12.8. The van der Waals surface area contributed by atoms with E-state index < -0.39 is 0 Å². The monoisotopic (exact) mass is 265 g/mol. The van der Waals surface area contributed by atoms with Crippen LogP contribution in [0.2, 0.25) is 0 Å². The lowest BCUT2D eigenvalue weighted by Gasteiger charge is -2.32. The highest BCUT2D eigenvalue weighted by atomic mass is 16.2. The Morgan fingerprint density at radius 1 is 1.05 bits per heavy atom. The Morgan fingerprint density at radius 3 is 2.37 bits per heavy atom. The standard InChI is InChI=1S/C17H31NO/c1-3-5-6-7-8-12-17(4-2,13-10-15-19)16-11-9-14-18-16/h9,11,14,18-19H,3-8,10,12-13,15H2,1-2H3. The minimum absolute atomic E-state index is 0.248. The minimum Gasteiger partial charge on any atom is -0.396 e. The van der Waals surface area contributed by atoms with Crippen LogP contribution in [0.4, 0.5) is 0 Å². The summed E-state index contributed by atoms with van der Waals surface area (Å²) in [5.41, 5.74) is 1.61. The average Bonchev–Trinajstić information content (AvgIpc) is 2.97.